The van der Waals surface area contributed by atoms with Crippen LogP contribution in [-0.4, -0.2) is 36.3 Å². The third-order valence-corrected chi connectivity index (χ3v) is 2.12. The molecule has 0 spiro atoms. The molecule has 1 amide bonds. The van der Waals surface area contributed by atoms with E-state index in [1.54, 1.807) is 20.8 Å². The summed E-state index contributed by atoms with van der Waals surface area (Å²) in [5.41, 5.74) is 1.43. The largest absolute Gasteiger partial charge is 0.297 e. The van der Waals surface area contributed by atoms with Crippen molar-refractivity contribution in [2.75, 3.05) is 5.32 Å². The Morgan fingerprint density at radius 2 is 1.88 bits per heavy atom. The predicted octanol–water partition coefficient (Wildman–Crippen LogP) is 0.167. The van der Waals surface area contributed by atoms with Crippen LogP contribution in [-0.2, 0) is 0 Å². The van der Waals surface area contributed by atoms with Gasteiger partial charge in [0.25, 0.3) is 5.91 Å². The smallest absolute Gasteiger partial charge is 0.286 e. The molecule has 8 heteroatoms. The minimum absolute atomic E-state index is 0.0457. The monoisotopic (exact) mass is 233 g/mol. The van der Waals surface area contributed by atoms with E-state index < -0.39 is 5.91 Å². The highest BCUT2D eigenvalue weighted by molar-refractivity contribution is 6.00. The van der Waals surface area contributed by atoms with Crippen molar-refractivity contribution in [2.24, 2.45) is 0 Å². The maximum Gasteiger partial charge on any atom is 0.297 e. The maximum atomic E-state index is 11.7. The van der Waals surface area contributed by atoms with Gasteiger partial charge in [-0.2, -0.15) is 5.10 Å². The van der Waals surface area contributed by atoms with E-state index in [0.29, 0.717) is 11.5 Å². The summed E-state index contributed by atoms with van der Waals surface area (Å²) < 4.78 is 0. The van der Waals surface area contributed by atoms with E-state index in [1.165, 1.54) is 0 Å². The second-order valence-electron chi connectivity index (χ2n) is 3.50. The van der Waals surface area contributed by atoms with Gasteiger partial charge in [-0.3, -0.25) is 15.2 Å². The molecule has 0 radical (unpaired) electrons. The molecule has 2 aromatic heterocycles. The Morgan fingerprint density at radius 3 is 2.47 bits per heavy atom. The Labute approximate surface area is 96.9 Å². The summed E-state index contributed by atoms with van der Waals surface area (Å²) in [4.78, 5) is 19.6. The van der Waals surface area contributed by atoms with Gasteiger partial charge >= 0.3 is 0 Å². The molecule has 2 aromatic rings. The van der Waals surface area contributed by atoms with E-state index >= 15 is 0 Å². The summed E-state index contributed by atoms with van der Waals surface area (Å²) in [5.74, 6) is 0.276. The average molecular weight is 233 g/mol. The van der Waals surface area contributed by atoms with Gasteiger partial charge in [-0.05, 0) is 20.8 Å². The fraction of sp³-hybridized carbons (Fsp3) is 0.333. The molecule has 0 aliphatic carbocycles. The van der Waals surface area contributed by atoms with Crippen molar-refractivity contribution in [1.82, 2.24) is 30.4 Å². The topological polar surface area (TPSA) is 109 Å². The van der Waals surface area contributed by atoms with Crippen molar-refractivity contribution >= 4 is 11.9 Å². The molecule has 2 N–H and O–H groups in total. The van der Waals surface area contributed by atoms with Crippen molar-refractivity contribution in [3.05, 3.63) is 23.0 Å². The summed E-state index contributed by atoms with van der Waals surface area (Å²) in [7, 11) is 0. The Hall–Kier alpha value is -2.38. The molecule has 0 aromatic carbocycles. The minimum Gasteiger partial charge on any atom is -0.286 e. The molecular weight excluding hydrogens is 222 g/mol. The second kappa shape index (κ2) is 4.24. The van der Waals surface area contributed by atoms with Crippen molar-refractivity contribution in [3.8, 4) is 0 Å². The quantitative estimate of drug-likeness (QED) is 0.765. The highest BCUT2D eigenvalue weighted by Gasteiger charge is 2.13. The van der Waals surface area contributed by atoms with Crippen molar-refractivity contribution < 1.29 is 4.79 Å². The van der Waals surface area contributed by atoms with Gasteiger partial charge in [-0.1, -0.05) is 0 Å². The number of rotatable bonds is 2. The normalized spacial score (nSPS) is 10.3. The standard InChI is InChI=1S/C9H11N7O/c1-4-5(2)13-16-9(10-4)12-8(17)7-11-6(3)14-15-7/h1-3H3,(H,11,14,15)(H,10,12,16,17). The molecule has 2 heterocycles. The predicted molar refractivity (Wildman–Crippen MR) is 58.4 cm³/mol. The SMILES string of the molecule is Cc1nc(C(=O)Nc2nnc(C)c(C)n2)n[nH]1. The molecule has 17 heavy (non-hydrogen) atoms. The summed E-state index contributed by atoms with van der Waals surface area (Å²) in [6.07, 6.45) is 0. The number of carbonyl (C=O) groups is 1. The summed E-state index contributed by atoms with van der Waals surface area (Å²) in [6, 6.07) is 0. The average Bonchev–Trinajstić information content (AvgIpc) is 2.70. The summed E-state index contributed by atoms with van der Waals surface area (Å²) in [6.45, 7) is 5.29. The van der Waals surface area contributed by atoms with E-state index in [0.717, 1.165) is 5.69 Å². The first-order chi connectivity index (χ1) is 8.06. The lowest BCUT2D eigenvalue weighted by atomic mass is 10.4. The van der Waals surface area contributed by atoms with Crippen LogP contribution < -0.4 is 5.32 Å². The Balaban J connectivity index is 2.15. The van der Waals surface area contributed by atoms with Gasteiger partial charge in [0.05, 0.1) is 11.4 Å². The number of hydrogen-bond donors (Lipinski definition) is 2. The number of carbonyl (C=O) groups excluding carboxylic acids is 1. The number of aromatic amines is 1. The van der Waals surface area contributed by atoms with E-state index in [2.05, 4.69) is 35.7 Å². The van der Waals surface area contributed by atoms with Gasteiger partial charge < -0.3 is 0 Å². The van der Waals surface area contributed by atoms with Crippen LogP contribution in [0.15, 0.2) is 0 Å². The van der Waals surface area contributed by atoms with Crippen LogP contribution in [0.5, 0.6) is 0 Å². The Kier molecular flexibility index (Phi) is 2.77. The molecular formula is C9H11N7O. The molecule has 0 aliphatic heterocycles. The second-order valence-corrected chi connectivity index (χ2v) is 3.50. The van der Waals surface area contributed by atoms with Crippen LogP contribution in [0.4, 0.5) is 5.95 Å². The van der Waals surface area contributed by atoms with Crippen molar-refractivity contribution in [1.29, 1.82) is 0 Å². The van der Waals surface area contributed by atoms with E-state index in [9.17, 15) is 4.79 Å². The number of nitrogens with zero attached hydrogens (tertiary/aromatic N) is 5. The van der Waals surface area contributed by atoms with Crippen LogP contribution in [0, 0.1) is 20.8 Å². The van der Waals surface area contributed by atoms with E-state index in [1.807, 2.05) is 0 Å². The molecule has 0 atom stereocenters. The lowest BCUT2D eigenvalue weighted by Gasteiger charge is -2.01. The van der Waals surface area contributed by atoms with Gasteiger partial charge in [0.15, 0.2) is 0 Å². The summed E-state index contributed by atoms with van der Waals surface area (Å²) in [5, 5.41) is 16.4. The molecule has 8 nitrogen and oxygen atoms in total. The summed E-state index contributed by atoms with van der Waals surface area (Å²) >= 11 is 0. The molecule has 0 aliphatic rings. The number of hydrogen-bond acceptors (Lipinski definition) is 6. The van der Waals surface area contributed by atoms with Crippen LogP contribution in [0.25, 0.3) is 0 Å². The van der Waals surface area contributed by atoms with Gasteiger partial charge in [-0.15, -0.1) is 10.2 Å². The van der Waals surface area contributed by atoms with Crippen LogP contribution in [0.3, 0.4) is 0 Å². The first-order valence-electron chi connectivity index (χ1n) is 4.94. The third kappa shape index (κ3) is 2.41. The number of nitrogens with one attached hydrogen (secondary N) is 2. The number of H-pyrrole nitrogens is 1. The maximum absolute atomic E-state index is 11.7. The molecule has 88 valence electrons. The van der Waals surface area contributed by atoms with Crippen molar-refractivity contribution in [2.45, 2.75) is 20.8 Å². The minimum atomic E-state index is -0.473. The molecule has 0 bridgehead atoms. The first kappa shape index (κ1) is 11.1. The molecule has 0 saturated heterocycles. The fourth-order valence-corrected chi connectivity index (χ4v) is 1.11. The number of amides is 1. The zero-order valence-electron chi connectivity index (χ0n) is 9.64. The molecule has 0 unspecified atom stereocenters. The van der Waals surface area contributed by atoms with Crippen molar-refractivity contribution in [3.63, 3.8) is 0 Å². The Bertz CT molecular complexity index is 562. The van der Waals surface area contributed by atoms with Gasteiger partial charge in [-0.25, -0.2) is 9.97 Å². The highest BCUT2D eigenvalue weighted by atomic mass is 16.2. The highest BCUT2D eigenvalue weighted by Crippen LogP contribution is 2.03. The number of anilines is 1. The van der Waals surface area contributed by atoms with Gasteiger partial charge in [0.1, 0.15) is 5.82 Å². The fourth-order valence-electron chi connectivity index (χ4n) is 1.11. The Morgan fingerprint density at radius 1 is 1.12 bits per heavy atom. The number of aromatic nitrogens is 6. The van der Waals surface area contributed by atoms with E-state index in [4.69, 9.17) is 0 Å². The molecule has 0 fully saturated rings. The first-order valence-corrected chi connectivity index (χ1v) is 4.94. The zero-order valence-corrected chi connectivity index (χ0v) is 9.64. The molecule has 0 saturated carbocycles. The number of aryl methyl sites for hydroxylation is 3. The third-order valence-electron chi connectivity index (χ3n) is 2.12. The molecule has 2 rings (SSSR count). The van der Waals surface area contributed by atoms with Gasteiger partial charge in [0.2, 0.25) is 11.8 Å². The van der Waals surface area contributed by atoms with E-state index in [-0.39, 0.29) is 11.8 Å². The van der Waals surface area contributed by atoms with Crippen LogP contribution >= 0.6 is 0 Å². The zero-order chi connectivity index (χ0) is 12.4. The lowest BCUT2D eigenvalue weighted by molar-refractivity contribution is 0.101. The lowest BCUT2D eigenvalue weighted by Crippen LogP contribution is -2.17. The van der Waals surface area contributed by atoms with Crippen LogP contribution in [0.1, 0.15) is 27.8 Å². The van der Waals surface area contributed by atoms with Crippen LogP contribution in [0.2, 0.25) is 0 Å². The van der Waals surface area contributed by atoms with Gasteiger partial charge in [0, 0.05) is 0 Å².